The summed E-state index contributed by atoms with van der Waals surface area (Å²) >= 11 is 0. The number of nitrogens with two attached hydrogens (primary N) is 1. The highest BCUT2D eigenvalue weighted by molar-refractivity contribution is 5.83. The Bertz CT molecular complexity index is 968. The van der Waals surface area contributed by atoms with Crippen molar-refractivity contribution in [3.63, 3.8) is 0 Å². The Kier molecular flexibility index (Phi) is 4.62. The van der Waals surface area contributed by atoms with Gasteiger partial charge in [0.25, 0.3) is 5.65 Å². The molecule has 0 bridgehead atoms. The van der Waals surface area contributed by atoms with Gasteiger partial charge in [0.05, 0.1) is 19.5 Å². The van der Waals surface area contributed by atoms with E-state index < -0.39 is 0 Å². The number of aromatic nitrogens is 2. The summed E-state index contributed by atoms with van der Waals surface area (Å²) in [6.45, 7) is 4.09. The van der Waals surface area contributed by atoms with Gasteiger partial charge in [0.15, 0.2) is 11.4 Å². The molecule has 27 heavy (non-hydrogen) atoms. The van der Waals surface area contributed by atoms with Crippen LogP contribution in [0, 0.1) is 6.92 Å². The van der Waals surface area contributed by atoms with Crippen molar-refractivity contribution < 1.29 is 4.57 Å². The smallest absolute Gasteiger partial charge is 0.286 e. The topological polar surface area (TPSA) is 62.3 Å². The predicted octanol–water partition coefficient (Wildman–Crippen LogP) is 2.48. The highest BCUT2D eigenvalue weighted by Gasteiger charge is 2.20. The zero-order chi connectivity index (χ0) is 18.8. The number of hydrogen-bond acceptors (Lipinski definition) is 2. The lowest BCUT2D eigenvalue weighted by atomic mass is 10.1. The molecule has 2 aromatic heterocycles. The maximum atomic E-state index is 5.97. The van der Waals surface area contributed by atoms with Gasteiger partial charge >= 0.3 is 0 Å². The molecule has 0 unspecified atom stereocenters. The Morgan fingerprint density at radius 1 is 1.11 bits per heavy atom. The Balaban J connectivity index is 1.56. The summed E-state index contributed by atoms with van der Waals surface area (Å²) in [5, 5.41) is 8.27. The van der Waals surface area contributed by atoms with E-state index in [0.29, 0.717) is 5.96 Å². The third kappa shape index (κ3) is 3.30. The fourth-order valence-corrected chi connectivity index (χ4v) is 3.76. The molecular formula is C21H25N6+. The Morgan fingerprint density at radius 3 is 2.56 bits per heavy atom. The molecule has 3 aromatic rings. The number of aryl methyl sites for hydroxylation is 2. The molecule has 1 aliphatic heterocycles. The summed E-state index contributed by atoms with van der Waals surface area (Å²) in [7, 11) is 2.10. The van der Waals surface area contributed by atoms with E-state index in [1.54, 1.807) is 6.21 Å². The zero-order valence-corrected chi connectivity index (χ0v) is 15.8. The molecule has 3 heterocycles. The summed E-state index contributed by atoms with van der Waals surface area (Å²) in [5.41, 5.74) is 11.7. The Hall–Kier alpha value is -3.15. The van der Waals surface area contributed by atoms with Crippen molar-refractivity contribution in [2.75, 3.05) is 13.1 Å². The summed E-state index contributed by atoms with van der Waals surface area (Å²) < 4.78 is 4.43. The number of guanidine groups is 1. The fraction of sp³-hybridized carbons (Fsp3) is 0.286. The van der Waals surface area contributed by atoms with E-state index >= 15 is 0 Å². The first kappa shape index (κ1) is 17.3. The van der Waals surface area contributed by atoms with Gasteiger partial charge in [-0.05, 0) is 36.6 Å². The van der Waals surface area contributed by atoms with E-state index in [1.165, 1.54) is 35.4 Å². The van der Waals surface area contributed by atoms with Gasteiger partial charge in [-0.25, -0.2) is 4.57 Å². The Labute approximate surface area is 159 Å². The minimum Gasteiger partial charge on any atom is -0.368 e. The third-order valence-corrected chi connectivity index (χ3v) is 5.20. The van der Waals surface area contributed by atoms with Crippen molar-refractivity contribution in [2.45, 2.75) is 19.8 Å². The second-order valence-corrected chi connectivity index (χ2v) is 6.94. The molecule has 2 N–H and O–H groups in total. The van der Waals surface area contributed by atoms with Crippen molar-refractivity contribution in [3.8, 4) is 11.3 Å². The van der Waals surface area contributed by atoms with Crippen LogP contribution in [0.4, 0.5) is 0 Å². The summed E-state index contributed by atoms with van der Waals surface area (Å²) in [4.78, 5) is 2.07. The second-order valence-electron chi connectivity index (χ2n) is 6.94. The maximum Gasteiger partial charge on any atom is 0.286 e. The van der Waals surface area contributed by atoms with Gasteiger partial charge in [-0.1, -0.05) is 18.2 Å². The highest BCUT2D eigenvalue weighted by Crippen LogP contribution is 2.22. The van der Waals surface area contributed by atoms with Gasteiger partial charge in [-0.15, -0.1) is 5.10 Å². The van der Waals surface area contributed by atoms with Gasteiger partial charge in [0.2, 0.25) is 5.96 Å². The molecular weight excluding hydrogens is 336 g/mol. The Morgan fingerprint density at radius 2 is 1.85 bits per heavy atom. The van der Waals surface area contributed by atoms with Crippen LogP contribution in [0.15, 0.2) is 58.9 Å². The van der Waals surface area contributed by atoms with Crippen LogP contribution in [0.2, 0.25) is 0 Å². The molecule has 4 rings (SSSR count). The lowest BCUT2D eigenvalue weighted by Gasteiger charge is -2.13. The van der Waals surface area contributed by atoms with Crippen molar-refractivity contribution in [3.05, 3.63) is 59.9 Å². The fourth-order valence-electron chi connectivity index (χ4n) is 3.76. The summed E-state index contributed by atoms with van der Waals surface area (Å²) in [6.07, 6.45) is 6.19. The van der Waals surface area contributed by atoms with Crippen molar-refractivity contribution in [2.24, 2.45) is 23.0 Å². The monoisotopic (exact) mass is 361 g/mol. The van der Waals surface area contributed by atoms with Crippen LogP contribution in [0.1, 0.15) is 24.1 Å². The minimum atomic E-state index is 0.503. The van der Waals surface area contributed by atoms with Crippen molar-refractivity contribution in [1.29, 1.82) is 0 Å². The van der Waals surface area contributed by atoms with Gasteiger partial charge < -0.3 is 10.6 Å². The molecule has 0 radical (unpaired) electrons. The van der Waals surface area contributed by atoms with Crippen LogP contribution in [0.25, 0.3) is 16.9 Å². The largest absolute Gasteiger partial charge is 0.368 e. The standard InChI is InChI=1S/C21H25N6/c1-16-20(25(2)19-7-3-4-14-27(16)19)18-10-8-17(9-11-18)15-23-24-21(22)26-12-5-6-13-26/h3-4,7-11,14-15H,5-6,12-13H2,1-2H3,(H2,22,24)/q+1/b23-15+. The van der Waals surface area contributed by atoms with E-state index in [1.807, 2.05) is 0 Å². The SMILES string of the molecule is Cc1c(-c2ccc(/C=N/N=C(\N)N3CCCC3)cc2)[n+](C)c2ccccn12. The van der Waals surface area contributed by atoms with E-state index in [9.17, 15) is 0 Å². The number of pyridine rings is 1. The van der Waals surface area contributed by atoms with Crippen LogP contribution in [0.5, 0.6) is 0 Å². The first-order valence-corrected chi connectivity index (χ1v) is 9.33. The molecule has 6 heteroatoms. The average Bonchev–Trinajstić information content (AvgIpc) is 3.31. The predicted molar refractivity (Wildman–Crippen MR) is 109 cm³/mol. The zero-order valence-electron chi connectivity index (χ0n) is 15.8. The molecule has 1 saturated heterocycles. The van der Waals surface area contributed by atoms with E-state index in [0.717, 1.165) is 18.7 Å². The number of fused-ring (bicyclic) bond motifs is 1. The van der Waals surface area contributed by atoms with Crippen molar-refractivity contribution in [1.82, 2.24) is 9.30 Å². The van der Waals surface area contributed by atoms with E-state index in [-0.39, 0.29) is 0 Å². The third-order valence-electron chi connectivity index (χ3n) is 5.20. The van der Waals surface area contributed by atoms with Gasteiger partial charge in [-0.2, -0.15) is 9.50 Å². The number of hydrogen-bond donors (Lipinski definition) is 1. The van der Waals surface area contributed by atoms with Gasteiger partial charge in [0.1, 0.15) is 0 Å². The molecule has 1 fully saturated rings. The molecule has 6 nitrogen and oxygen atoms in total. The summed E-state index contributed by atoms with van der Waals surface area (Å²) in [6, 6.07) is 14.6. The molecule has 1 aromatic carbocycles. The van der Waals surface area contributed by atoms with Crippen LogP contribution in [0.3, 0.4) is 0 Å². The lowest BCUT2D eigenvalue weighted by molar-refractivity contribution is -0.633. The first-order chi connectivity index (χ1) is 13.1. The van der Waals surface area contributed by atoms with Gasteiger partial charge in [-0.3, -0.25) is 0 Å². The molecule has 0 atom stereocenters. The van der Waals surface area contributed by atoms with Crippen LogP contribution < -0.4 is 10.3 Å². The van der Waals surface area contributed by atoms with Crippen molar-refractivity contribution >= 4 is 17.8 Å². The number of rotatable bonds is 3. The van der Waals surface area contributed by atoms with E-state index in [2.05, 4.69) is 86.7 Å². The molecule has 138 valence electrons. The number of benzene rings is 1. The highest BCUT2D eigenvalue weighted by atomic mass is 15.3. The van der Waals surface area contributed by atoms with Crippen LogP contribution in [-0.4, -0.2) is 34.6 Å². The molecule has 0 spiro atoms. The minimum absolute atomic E-state index is 0.503. The number of nitrogens with zero attached hydrogens (tertiary/aromatic N) is 5. The summed E-state index contributed by atoms with van der Waals surface area (Å²) in [5.74, 6) is 0.503. The molecule has 0 saturated carbocycles. The number of imidazole rings is 1. The molecule has 1 aliphatic rings. The number of likely N-dealkylation sites (tertiary alicyclic amines) is 1. The van der Waals surface area contributed by atoms with Crippen LogP contribution >= 0.6 is 0 Å². The normalized spacial score (nSPS) is 15.3. The lowest BCUT2D eigenvalue weighted by Crippen LogP contribution is -2.34. The van der Waals surface area contributed by atoms with Crippen LogP contribution in [-0.2, 0) is 7.05 Å². The molecule has 0 aliphatic carbocycles. The average molecular weight is 361 g/mol. The first-order valence-electron chi connectivity index (χ1n) is 9.33. The quantitative estimate of drug-likeness (QED) is 0.337. The molecule has 0 amide bonds. The van der Waals surface area contributed by atoms with Gasteiger partial charge in [0, 0.05) is 31.6 Å². The van der Waals surface area contributed by atoms with E-state index in [4.69, 9.17) is 5.73 Å². The maximum absolute atomic E-state index is 5.97. The second kappa shape index (κ2) is 7.23.